The molecular weight excluding hydrogens is 216 g/mol. The second-order valence-corrected chi connectivity index (χ2v) is 2.86. The fourth-order valence-corrected chi connectivity index (χ4v) is 0.564. The van der Waals surface area contributed by atoms with Gasteiger partial charge in [0.15, 0.2) is 0 Å². The number of nitrogens with zero attached hydrogens (tertiary/aromatic N) is 2. The van der Waals surface area contributed by atoms with Gasteiger partial charge in [-0.15, -0.1) is 0 Å². The molecule has 90 valence electrons. The number of hydrogen-bond donors (Lipinski definition) is 1. The smallest absolute Gasteiger partial charge is 0.335 e. The van der Waals surface area contributed by atoms with E-state index in [0.29, 0.717) is 0 Å². The SMILES string of the molecule is C=C(C=CC#[N+]CCCC)C(=O)O.C=CC#N. The number of unbranched alkanes of at least 4 members (excludes halogenated alkanes) is 1. The predicted molar refractivity (Wildman–Crippen MR) is 68.7 cm³/mol. The van der Waals surface area contributed by atoms with Gasteiger partial charge in [-0.2, -0.15) is 5.26 Å². The van der Waals surface area contributed by atoms with Crippen LogP contribution in [0.1, 0.15) is 19.8 Å². The zero-order chi connectivity index (χ0) is 13.5. The van der Waals surface area contributed by atoms with Crippen molar-refractivity contribution < 1.29 is 9.90 Å². The largest absolute Gasteiger partial charge is 0.478 e. The summed E-state index contributed by atoms with van der Waals surface area (Å²) in [5, 5.41) is 15.9. The van der Waals surface area contributed by atoms with E-state index in [0.717, 1.165) is 19.4 Å². The molecule has 4 heteroatoms. The Labute approximate surface area is 102 Å². The molecule has 0 unspecified atom stereocenters. The Morgan fingerprint density at radius 2 is 2.18 bits per heavy atom. The summed E-state index contributed by atoms with van der Waals surface area (Å²) in [4.78, 5) is 14.2. The van der Waals surface area contributed by atoms with E-state index < -0.39 is 5.97 Å². The summed E-state index contributed by atoms with van der Waals surface area (Å²) in [6, 6.07) is 4.32. The van der Waals surface area contributed by atoms with Crippen molar-refractivity contribution in [2.24, 2.45) is 0 Å². The van der Waals surface area contributed by atoms with Gasteiger partial charge in [0.1, 0.15) is 0 Å². The maximum absolute atomic E-state index is 10.3. The number of nitriles is 1. The maximum Gasteiger partial charge on any atom is 0.335 e. The van der Waals surface area contributed by atoms with E-state index in [-0.39, 0.29) is 5.57 Å². The zero-order valence-corrected chi connectivity index (χ0v) is 10.0. The molecule has 0 amide bonds. The Kier molecular flexibility index (Phi) is 13.7. The summed E-state index contributed by atoms with van der Waals surface area (Å²) in [7, 11) is 0. The van der Waals surface area contributed by atoms with Gasteiger partial charge in [0, 0.05) is 12.5 Å². The molecule has 0 radical (unpaired) electrons. The monoisotopic (exact) mass is 233 g/mol. The van der Waals surface area contributed by atoms with Crippen LogP contribution in [0.15, 0.2) is 37.0 Å². The summed E-state index contributed by atoms with van der Waals surface area (Å²) in [6.07, 6.45) is 6.14. The third-order valence-corrected chi connectivity index (χ3v) is 1.44. The second-order valence-electron chi connectivity index (χ2n) is 2.86. The van der Waals surface area contributed by atoms with Crippen molar-refractivity contribution in [3.05, 3.63) is 41.8 Å². The average Bonchev–Trinajstić information content (AvgIpc) is 2.33. The van der Waals surface area contributed by atoms with Crippen molar-refractivity contribution in [1.82, 2.24) is 0 Å². The van der Waals surface area contributed by atoms with Crippen molar-refractivity contribution in [1.29, 1.82) is 5.26 Å². The van der Waals surface area contributed by atoms with Crippen LogP contribution < -0.4 is 0 Å². The van der Waals surface area contributed by atoms with Crippen LogP contribution in [0.2, 0.25) is 0 Å². The lowest BCUT2D eigenvalue weighted by molar-refractivity contribution is -0.132. The van der Waals surface area contributed by atoms with E-state index in [9.17, 15) is 4.79 Å². The number of carboxylic acids is 1. The van der Waals surface area contributed by atoms with Crippen molar-refractivity contribution in [2.75, 3.05) is 6.54 Å². The van der Waals surface area contributed by atoms with Crippen LogP contribution in [0, 0.1) is 17.4 Å². The first-order valence-electron chi connectivity index (χ1n) is 5.11. The van der Waals surface area contributed by atoms with Crippen molar-refractivity contribution in [3.63, 3.8) is 0 Å². The van der Waals surface area contributed by atoms with Gasteiger partial charge in [0.25, 0.3) is 6.54 Å². The van der Waals surface area contributed by atoms with Crippen molar-refractivity contribution in [3.8, 4) is 12.1 Å². The van der Waals surface area contributed by atoms with Crippen LogP contribution in [-0.4, -0.2) is 17.6 Å². The summed E-state index contributed by atoms with van der Waals surface area (Å²) in [5.41, 5.74) is 0.0400. The predicted octanol–water partition coefficient (Wildman–Crippen LogP) is 3.01. The second kappa shape index (κ2) is 13.7. The molecule has 0 saturated carbocycles. The number of carbonyl (C=O) groups is 1. The van der Waals surface area contributed by atoms with Gasteiger partial charge in [0.2, 0.25) is 0 Å². The molecule has 4 nitrogen and oxygen atoms in total. The average molecular weight is 233 g/mol. The van der Waals surface area contributed by atoms with E-state index in [4.69, 9.17) is 10.4 Å². The van der Waals surface area contributed by atoms with Gasteiger partial charge in [-0.25, -0.2) is 4.79 Å². The third kappa shape index (κ3) is 16.4. The molecule has 0 bridgehead atoms. The number of allylic oxidation sites excluding steroid dienone is 2. The minimum absolute atomic E-state index is 0.0400. The molecule has 0 rings (SSSR count). The van der Waals surface area contributed by atoms with Crippen LogP contribution >= 0.6 is 0 Å². The summed E-state index contributed by atoms with van der Waals surface area (Å²) in [5.74, 6) is -1.02. The molecule has 0 aliphatic heterocycles. The Hall–Kier alpha value is -2.33. The molecular formula is C13H17N2O2+. The van der Waals surface area contributed by atoms with Crippen LogP contribution in [0.4, 0.5) is 0 Å². The summed E-state index contributed by atoms with van der Waals surface area (Å²) in [6.45, 7) is 9.26. The Bertz CT molecular complexity index is 378. The molecule has 0 aromatic heterocycles. The highest BCUT2D eigenvalue weighted by Crippen LogP contribution is 1.91. The fraction of sp³-hybridized carbons (Fsp3) is 0.308. The van der Waals surface area contributed by atoms with E-state index >= 15 is 0 Å². The van der Waals surface area contributed by atoms with Crippen molar-refractivity contribution >= 4 is 5.97 Å². The Morgan fingerprint density at radius 1 is 1.59 bits per heavy atom. The number of aliphatic carboxylic acids is 1. The molecule has 0 aliphatic carbocycles. The number of carboxylic acid groups (broad SMARTS) is 1. The highest BCUT2D eigenvalue weighted by molar-refractivity contribution is 5.89. The normalized spacial score (nSPS) is 8.00. The fourth-order valence-electron chi connectivity index (χ4n) is 0.564. The minimum Gasteiger partial charge on any atom is -0.478 e. The zero-order valence-electron chi connectivity index (χ0n) is 10.0. The number of rotatable bonds is 4. The van der Waals surface area contributed by atoms with E-state index in [2.05, 4.69) is 31.0 Å². The van der Waals surface area contributed by atoms with Crippen LogP contribution in [0.5, 0.6) is 0 Å². The van der Waals surface area contributed by atoms with Crippen LogP contribution in [0.25, 0.3) is 4.85 Å². The molecule has 1 N–H and O–H groups in total. The first-order valence-corrected chi connectivity index (χ1v) is 5.11. The molecule has 0 aliphatic rings. The number of hydrogen-bond acceptors (Lipinski definition) is 2. The van der Waals surface area contributed by atoms with Gasteiger partial charge in [-0.3, -0.25) is 0 Å². The Morgan fingerprint density at radius 3 is 2.59 bits per heavy atom. The highest BCUT2D eigenvalue weighted by Gasteiger charge is 1.96. The molecule has 0 aromatic carbocycles. The molecule has 0 atom stereocenters. The lowest BCUT2D eigenvalue weighted by atomic mass is 10.3. The molecule has 0 saturated heterocycles. The molecule has 0 aromatic rings. The molecule has 0 fully saturated rings. The first-order chi connectivity index (χ1) is 8.09. The summed E-state index contributed by atoms with van der Waals surface area (Å²) >= 11 is 0. The lowest BCUT2D eigenvalue weighted by Gasteiger charge is -1.83. The first kappa shape index (κ1) is 17.1. The van der Waals surface area contributed by atoms with E-state index in [1.165, 1.54) is 18.2 Å². The van der Waals surface area contributed by atoms with Crippen LogP contribution in [-0.2, 0) is 4.79 Å². The van der Waals surface area contributed by atoms with Gasteiger partial charge < -0.3 is 5.11 Å². The lowest BCUT2D eigenvalue weighted by Crippen LogP contribution is -1.94. The third-order valence-electron chi connectivity index (χ3n) is 1.44. The minimum atomic E-state index is -1.02. The summed E-state index contributed by atoms with van der Waals surface area (Å²) < 4.78 is 0. The molecule has 17 heavy (non-hydrogen) atoms. The van der Waals surface area contributed by atoms with E-state index in [1.54, 1.807) is 6.07 Å². The highest BCUT2D eigenvalue weighted by atomic mass is 16.4. The van der Waals surface area contributed by atoms with Gasteiger partial charge in [-0.05, 0) is 12.5 Å². The quantitative estimate of drug-likeness (QED) is 0.351. The molecule has 0 spiro atoms. The topological polar surface area (TPSA) is 65.4 Å². The molecule has 0 heterocycles. The standard InChI is InChI=1S/C10H13NO2.C3H3N/c1-3-4-7-11-8-5-6-9(2)10(12)13;1-2-3-4/h5-6H,2-4,7H2,1H3;2H,1H2/p+1. The van der Waals surface area contributed by atoms with Gasteiger partial charge in [0.05, 0.1) is 17.7 Å². The van der Waals surface area contributed by atoms with Gasteiger partial charge in [-0.1, -0.05) is 24.9 Å². The van der Waals surface area contributed by atoms with Crippen LogP contribution in [0.3, 0.4) is 0 Å². The van der Waals surface area contributed by atoms with Crippen molar-refractivity contribution in [2.45, 2.75) is 19.8 Å². The Balaban J connectivity index is 0. The van der Waals surface area contributed by atoms with E-state index in [1.807, 2.05) is 0 Å². The maximum atomic E-state index is 10.3. The van der Waals surface area contributed by atoms with Gasteiger partial charge >= 0.3 is 12.0 Å².